The van der Waals surface area contributed by atoms with Crippen molar-refractivity contribution in [2.24, 2.45) is 0 Å². The van der Waals surface area contributed by atoms with Gasteiger partial charge in [-0.2, -0.15) is 5.10 Å². The Bertz CT molecular complexity index is 812. The molecule has 0 spiro atoms. The molecular formula is C19H26N4O3. The molecule has 7 heteroatoms. The van der Waals surface area contributed by atoms with Gasteiger partial charge in [0.25, 0.3) is 0 Å². The van der Waals surface area contributed by atoms with Crippen LogP contribution in [0.4, 0.5) is 4.79 Å². The summed E-state index contributed by atoms with van der Waals surface area (Å²) in [6, 6.07) is 3.64. The minimum atomic E-state index is -1.04. The van der Waals surface area contributed by atoms with Crippen LogP contribution in [0.5, 0.6) is 0 Å². The number of fused-ring (bicyclic) bond motifs is 3. The molecule has 4 rings (SSSR count). The van der Waals surface area contributed by atoms with Crippen LogP contribution in [-0.4, -0.2) is 48.4 Å². The fourth-order valence-corrected chi connectivity index (χ4v) is 4.40. The number of amides is 1. The molecule has 1 amide bonds. The Morgan fingerprint density at radius 3 is 2.65 bits per heavy atom. The molecule has 2 aliphatic rings. The number of hydrogen-bond donors (Lipinski definition) is 1. The molecule has 0 radical (unpaired) electrons. The zero-order valence-electron chi connectivity index (χ0n) is 15.6. The van der Waals surface area contributed by atoms with Crippen LogP contribution in [0.3, 0.4) is 0 Å². The monoisotopic (exact) mass is 358 g/mol. The summed E-state index contributed by atoms with van der Waals surface area (Å²) in [5.74, 6) is 0. The molecule has 1 N–H and O–H groups in total. The van der Waals surface area contributed by atoms with Crippen molar-refractivity contribution < 1.29 is 14.6 Å². The van der Waals surface area contributed by atoms with Gasteiger partial charge in [-0.3, -0.25) is 0 Å². The smallest absolute Gasteiger partial charge is 0.410 e. The highest BCUT2D eigenvalue weighted by Gasteiger charge is 2.50. The van der Waals surface area contributed by atoms with E-state index in [-0.39, 0.29) is 18.2 Å². The van der Waals surface area contributed by atoms with Crippen molar-refractivity contribution in [1.82, 2.24) is 19.5 Å². The molecule has 2 aliphatic heterocycles. The van der Waals surface area contributed by atoms with E-state index in [2.05, 4.69) is 10.1 Å². The molecule has 2 bridgehead atoms. The summed E-state index contributed by atoms with van der Waals surface area (Å²) in [4.78, 5) is 19.0. The Morgan fingerprint density at radius 1 is 1.31 bits per heavy atom. The topological polar surface area (TPSA) is 80.0 Å². The number of hydrogen-bond acceptors (Lipinski definition) is 5. The van der Waals surface area contributed by atoms with E-state index in [0.717, 1.165) is 24.9 Å². The van der Waals surface area contributed by atoms with Crippen molar-refractivity contribution >= 4 is 11.7 Å². The predicted molar refractivity (Wildman–Crippen MR) is 95.6 cm³/mol. The number of nitrogens with zero attached hydrogens (tertiary/aromatic N) is 4. The van der Waals surface area contributed by atoms with E-state index in [0.29, 0.717) is 18.5 Å². The number of carbonyl (C=O) groups is 1. The van der Waals surface area contributed by atoms with Crippen LogP contribution in [0.2, 0.25) is 0 Å². The number of carbonyl (C=O) groups excluding carboxylic acids is 1. The molecule has 7 nitrogen and oxygen atoms in total. The third-order valence-electron chi connectivity index (χ3n) is 5.37. The third-order valence-corrected chi connectivity index (χ3v) is 5.37. The van der Waals surface area contributed by atoms with E-state index < -0.39 is 11.2 Å². The van der Waals surface area contributed by atoms with Gasteiger partial charge in [0.2, 0.25) is 0 Å². The molecule has 26 heavy (non-hydrogen) atoms. The highest BCUT2D eigenvalue weighted by Crippen LogP contribution is 2.44. The van der Waals surface area contributed by atoms with Crippen molar-refractivity contribution in [3.63, 3.8) is 0 Å². The quantitative estimate of drug-likeness (QED) is 0.848. The van der Waals surface area contributed by atoms with Crippen molar-refractivity contribution in [3.05, 3.63) is 30.2 Å². The highest BCUT2D eigenvalue weighted by molar-refractivity contribution is 5.69. The first-order chi connectivity index (χ1) is 12.3. The molecule has 2 aromatic heterocycles. The maximum Gasteiger partial charge on any atom is 0.410 e. The minimum Gasteiger partial charge on any atom is -0.444 e. The summed E-state index contributed by atoms with van der Waals surface area (Å²) >= 11 is 0. The van der Waals surface area contributed by atoms with E-state index >= 15 is 0 Å². The van der Waals surface area contributed by atoms with Gasteiger partial charge in [-0.05, 0) is 52.2 Å². The standard InChI is InChI=1S/C19H26N4O3/c1-18(2,3)26-17(24)22-13-6-4-7-14(22)11-19(25,10-13)15-12-20-16-8-5-9-21-23(15)16/h5,8-9,12-14,25H,4,6-7,10-11H2,1-3H3. The lowest BCUT2D eigenvalue weighted by atomic mass is 9.74. The van der Waals surface area contributed by atoms with Gasteiger partial charge in [0.05, 0.1) is 11.9 Å². The van der Waals surface area contributed by atoms with Crippen molar-refractivity contribution in [2.45, 2.75) is 76.2 Å². The molecule has 2 saturated heterocycles. The lowest BCUT2D eigenvalue weighted by molar-refractivity contribution is -0.0991. The Morgan fingerprint density at radius 2 is 2.00 bits per heavy atom. The van der Waals surface area contributed by atoms with Gasteiger partial charge in [-0.1, -0.05) is 0 Å². The predicted octanol–water partition coefficient (Wildman–Crippen LogP) is 2.87. The SMILES string of the molecule is CC(C)(C)OC(=O)N1C2CCCC1CC(O)(c1cnc3cccnn13)C2. The number of aromatic nitrogens is 3. The number of piperidine rings is 2. The highest BCUT2D eigenvalue weighted by atomic mass is 16.6. The van der Waals surface area contributed by atoms with E-state index in [4.69, 9.17) is 4.74 Å². The second kappa shape index (κ2) is 5.94. The van der Waals surface area contributed by atoms with Crippen LogP contribution in [0, 0.1) is 0 Å². The minimum absolute atomic E-state index is 0.0309. The molecule has 2 aromatic rings. The second-order valence-electron chi connectivity index (χ2n) is 8.50. The van der Waals surface area contributed by atoms with Gasteiger partial charge in [0.15, 0.2) is 5.65 Å². The van der Waals surface area contributed by atoms with Gasteiger partial charge >= 0.3 is 6.09 Å². The molecule has 0 aromatic carbocycles. The molecule has 2 unspecified atom stereocenters. The van der Waals surface area contributed by atoms with Crippen LogP contribution in [0.1, 0.15) is 58.6 Å². The number of imidazole rings is 1. The van der Waals surface area contributed by atoms with Crippen LogP contribution in [-0.2, 0) is 10.3 Å². The molecule has 4 heterocycles. The van der Waals surface area contributed by atoms with E-state index in [1.165, 1.54) is 0 Å². The lowest BCUT2D eigenvalue weighted by Gasteiger charge is -2.51. The maximum atomic E-state index is 12.7. The second-order valence-corrected chi connectivity index (χ2v) is 8.50. The van der Waals surface area contributed by atoms with Crippen LogP contribution in [0.15, 0.2) is 24.5 Å². The summed E-state index contributed by atoms with van der Waals surface area (Å²) in [6.45, 7) is 5.64. The lowest BCUT2D eigenvalue weighted by Crippen LogP contribution is -2.59. The van der Waals surface area contributed by atoms with Gasteiger partial charge in [0.1, 0.15) is 11.2 Å². The zero-order valence-corrected chi connectivity index (χ0v) is 15.6. The summed E-state index contributed by atoms with van der Waals surface area (Å²) in [5, 5.41) is 15.8. The fourth-order valence-electron chi connectivity index (χ4n) is 4.40. The molecule has 2 atom stereocenters. The maximum absolute atomic E-state index is 12.7. The number of ether oxygens (including phenoxy) is 1. The third kappa shape index (κ3) is 2.94. The van der Waals surface area contributed by atoms with E-state index in [1.54, 1.807) is 16.9 Å². The van der Waals surface area contributed by atoms with Gasteiger partial charge in [0, 0.05) is 31.1 Å². The average Bonchev–Trinajstić information content (AvgIpc) is 2.97. The van der Waals surface area contributed by atoms with E-state index in [9.17, 15) is 9.90 Å². The first-order valence-electron chi connectivity index (χ1n) is 9.30. The van der Waals surface area contributed by atoms with E-state index in [1.807, 2.05) is 37.8 Å². The number of aliphatic hydroxyl groups is 1. The summed E-state index contributed by atoms with van der Waals surface area (Å²) in [5.41, 5.74) is -0.142. The summed E-state index contributed by atoms with van der Waals surface area (Å²) in [7, 11) is 0. The van der Waals surface area contributed by atoms with Crippen molar-refractivity contribution in [1.29, 1.82) is 0 Å². The van der Waals surface area contributed by atoms with Gasteiger partial charge in [-0.15, -0.1) is 0 Å². The first kappa shape index (κ1) is 17.3. The molecule has 140 valence electrons. The summed E-state index contributed by atoms with van der Waals surface area (Å²) < 4.78 is 7.33. The van der Waals surface area contributed by atoms with Gasteiger partial charge in [-0.25, -0.2) is 14.3 Å². The molecule has 0 saturated carbocycles. The number of rotatable bonds is 1. The molecular weight excluding hydrogens is 332 g/mol. The average molecular weight is 358 g/mol. The van der Waals surface area contributed by atoms with Crippen LogP contribution >= 0.6 is 0 Å². The fraction of sp³-hybridized carbons (Fsp3) is 0.632. The first-order valence-corrected chi connectivity index (χ1v) is 9.30. The molecule has 0 aliphatic carbocycles. The summed E-state index contributed by atoms with van der Waals surface area (Å²) in [6.07, 6.45) is 6.91. The molecule has 2 fully saturated rings. The Hall–Kier alpha value is -2.15. The Labute approximate surface area is 153 Å². The van der Waals surface area contributed by atoms with Crippen LogP contribution in [0.25, 0.3) is 5.65 Å². The normalized spacial score (nSPS) is 29.0. The van der Waals surface area contributed by atoms with Crippen LogP contribution < -0.4 is 0 Å². The Kier molecular flexibility index (Phi) is 3.95. The van der Waals surface area contributed by atoms with Crippen molar-refractivity contribution in [3.8, 4) is 0 Å². The largest absolute Gasteiger partial charge is 0.444 e. The Balaban J connectivity index is 1.64. The zero-order chi connectivity index (χ0) is 18.5. The van der Waals surface area contributed by atoms with Crippen molar-refractivity contribution in [2.75, 3.05) is 0 Å². The van der Waals surface area contributed by atoms with Gasteiger partial charge < -0.3 is 14.7 Å².